The standard InChI is InChI=1S/C17H20ClN3O3/c1-20-9-12(7-14(20)22)19-17(24)13-8-15(23)21(2)16(13)10-4-3-5-11(18)6-10/h3-6,12-13,16H,7-9H2,1-2H3,(H,19,24)/t12-,13-,16-/m1/s1. The second-order valence-electron chi connectivity index (χ2n) is 6.50. The summed E-state index contributed by atoms with van der Waals surface area (Å²) in [4.78, 5) is 39.7. The monoisotopic (exact) mass is 349 g/mol. The van der Waals surface area contributed by atoms with Crippen LogP contribution in [0.2, 0.25) is 5.02 Å². The molecule has 0 unspecified atom stereocenters. The number of nitrogens with one attached hydrogen (secondary N) is 1. The fraction of sp³-hybridized carbons (Fsp3) is 0.471. The van der Waals surface area contributed by atoms with E-state index in [9.17, 15) is 14.4 Å². The maximum Gasteiger partial charge on any atom is 0.226 e. The molecule has 24 heavy (non-hydrogen) atoms. The summed E-state index contributed by atoms with van der Waals surface area (Å²) in [5.74, 6) is -0.723. The number of rotatable bonds is 3. The van der Waals surface area contributed by atoms with Gasteiger partial charge >= 0.3 is 0 Å². The predicted octanol–water partition coefficient (Wildman–Crippen LogP) is 1.21. The number of carbonyl (C=O) groups excluding carboxylic acids is 3. The fourth-order valence-corrected chi connectivity index (χ4v) is 3.72. The molecule has 128 valence electrons. The average Bonchev–Trinajstić information content (AvgIpc) is 2.99. The van der Waals surface area contributed by atoms with E-state index in [1.54, 1.807) is 36.0 Å². The first-order chi connectivity index (χ1) is 11.4. The highest BCUT2D eigenvalue weighted by Crippen LogP contribution is 2.38. The first-order valence-electron chi connectivity index (χ1n) is 7.92. The smallest absolute Gasteiger partial charge is 0.226 e. The van der Waals surface area contributed by atoms with Crippen molar-refractivity contribution in [3.63, 3.8) is 0 Å². The van der Waals surface area contributed by atoms with E-state index in [-0.39, 0.29) is 36.2 Å². The maximum absolute atomic E-state index is 12.7. The molecule has 2 aliphatic heterocycles. The number of carbonyl (C=O) groups is 3. The van der Waals surface area contributed by atoms with Crippen LogP contribution in [-0.2, 0) is 14.4 Å². The summed E-state index contributed by atoms with van der Waals surface area (Å²) in [6, 6.07) is 6.69. The molecule has 2 fully saturated rings. The number of halogens is 1. The Hall–Kier alpha value is -2.08. The van der Waals surface area contributed by atoms with Gasteiger partial charge in [0.2, 0.25) is 17.7 Å². The van der Waals surface area contributed by atoms with Crippen LogP contribution in [0.4, 0.5) is 0 Å². The van der Waals surface area contributed by atoms with Gasteiger partial charge in [-0.3, -0.25) is 14.4 Å². The van der Waals surface area contributed by atoms with Crippen molar-refractivity contribution < 1.29 is 14.4 Å². The summed E-state index contributed by atoms with van der Waals surface area (Å²) in [7, 11) is 3.42. The van der Waals surface area contributed by atoms with Gasteiger partial charge in [0.1, 0.15) is 0 Å². The molecule has 7 heteroatoms. The molecular weight excluding hydrogens is 330 g/mol. The van der Waals surface area contributed by atoms with Crippen molar-refractivity contribution in [2.24, 2.45) is 5.92 Å². The SMILES string of the molecule is CN1C[C@H](NC(=O)[C@@H]2CC(=O)N(C)[C@@H]2c2cccc(Cl)c2)CC1=O. The fourth-order valence-electron chi connectivity index (χ4n) is 3.52. The van der Waals surface area contributed by atoms with E-state index in [2.05, 4.69) is 5.32 Å². The highest BCUT2D eigenvalue weighted by Gasteiger charge is 2.43. The number of likely N-dealkylation sites (N-methyl/N-ethyl adjacent to an activating group) is 1. The molecule has 3 amide bonds. The number of likely N-dealkylation sites (tertiary alicyclic amines) is 2. The lowest BCUT2D eigenvalue weighted by Gasteiger charge is -2.26. The Morgan fingerprint density at radius 2 is 1.96 bits per heavy atom. The van der Waals surface area contributed by atoms with Crippen molar-refractivity contribution in [1.29, 1.82) is 0 Å². The molecule has 3 atom stereocenters. The minimum Gasteiger partial charge on any atom is -0.351 e. The lowest BCUT2D eigenvalue weighted by Crippen LogP contribution is -2.41. The number of hydrogen-bond acceptors (Lipinski definition) is 3. The molecule has 1 N–H and O–H groups in total. The summed E-state index contributed by atoms with van der Waals surface area (Å²) >= 11 is 6.06. The molecule has 0 bridgehead atoms. The summed E-state index contributed by atoms with van der Waals surface area (Å²) in [5.41, 5.74) is 0.843. The summed E-state index contributed by atoms with van der Waals surface area (Å²) < 4.78 is 0. The van der Waals surface area contributed by atoms with Crippen molar-refractivity contribution in [2.75, 3.05) is 20.6 Å². The second kappa shape index (κ2) is 6.43. The Balaban J connectivity index is 1.78. The first kappa shape index (κ1) is 16.8. The number of nitrogens with zero attached hydrogens (tertiary/aromatic N) is 2. The zero-order chi connectivity index (χ0) is 17.4. The van der Waals surface area contributed by atoms with Crippen LogP contribution in [0.25, 0.3) is 0 Å². The number of amides is 3. The molecule has 0 saturated carbocycles. The lowest BCUT2D eigenvalue weighted by atomic mass is 9.92. The average molecular weight is 350 g/mol. The van der Waals surface area contributed by atoms with Crippen LogP contribution in [0, 0.1) is 5.92 Å². The van der Waals surface area contributed by atoms with Gasteiger partial charge in [-0.15, -0.1) is 0 Å². The lowest BCUT2D eigenvalue weighted by molar-refractivity contribution is -0.128. The van der Waals surface area contributed by atoms with Crippen LogP contribution in [-0.4, -0.2) is 54.2 Å². The van der Waals surface area contributed by atoms with Gasteiger partial charge in [0.05, 0.1) is 18.0 Å². The van der Waals surface area contributed by atoms with Gasteiger partial charge in [0, 0.05) is 38.5 Å². The normalized spacial score (nSPS) is 27.0. The third kappa shape index (κ3) is 3.11. The molecule has 2 heterocycles. The van der Waals surface area contributed by atoms with Crippen LogP contribution >= 0.6 is 11.6 Å². The van der Waals surface area contributed by atoms with Gasteiger partial charge < -0.3 is 15.1 Å². The molecule has 0 aromatic heterocycles. The van der Waals surface area contributed by atoms with Gasteiger partial charge in [-0.1, -0.05) is 23.7 Å². The minimum absolute atomic E-state index is 0.0197. The Morgan fingerprint density at radius 3 is 2.58 bits per heavy atom. The molecule has 1 aromatic rings. The summed E-state index contributed by atoms with van der Waals surface area (Å²) in [5, 5.41) is 3.50. The van der Waals surface area contributed by atoms with Gasteiger partial charge in [-0.05, 0) is 17.7 Å². The van der Waals surface area contributed by atoms with Gasteiger partial charge in [0.25, 0.3) is 0 Å². The number of hydrogen-bond donors (Lipinski definition) is 1. The zero-order valence-electron chi connectivity index (χ0n) is 13.7. The van der Waals surface area contributed by atoms with E-state index in [0.29, 0.717) is 18.0 Å². The topological polar surface area (TPSA) is 69.7 Å². The van der Waals surface area contributed by atoms with Crippen molar-refractivity contribution >= 4 is 29.3 Å². The van der Waals surface area contributed by atoms with E-state index >= 15 is 0 Å². The van der Waals surface area contributed by atoms with Gasteiger partial charge in [-0.25, -0.2) is 0 Å². The Bertz CT molecular complexity index is 693. The van der Waals surface area contributed by atoms with Gasteiger partial charge in [-0.2, -0.15) is 0 Å². The molecular formula is C17H20ClN3O3. The van der Waals surface area contributed by atoms with Crippen LogP contribution in [0.5, 0.6) is 0 Å². The van der Waals surface area contributed by atoms with E-state index in [1.807, 2.05) is 12.1 Å². The van der Waals surface area contributed by atoms with Crippen LogP contribution in [0.1, 0.15) is 24.4 Å². The maximum atomic E-state index is 12.7. The van der Waals surface area contributed by atoms with E-state index in [1.165, 1.54) is 0 Å². The van der Waals surface area contributed by atoms with E-state index < -0.39 is 5.92 Å². The summed E-state index contributed by atoms with van der Waals surface area (Å²) in [6.45, 7) is 0.503. The van der Waals surface area contributed by atoms with Crippen LogP contribution in [0.3, 0.4) is 0 Å². The molecule has 1 aromatic carbocycles. The Labute approximate surface area is 145 Å². The largest absolute Gasteiger partial charge is 0.351 e. The predicted molar refractivity (Wildman–Crippen MR) is 89.3 cm³/mol. The van der Waals surface area contributed by atoms with Crippen molar-refractivity contribution in [3.05, 3.63) is 34.9 Å². The molecule has 0 spiro atoms. The van der Waals surface area contributed by atoms with Crippen LogP contribution in [0.15, 0.2) is 24.3 Å². The van der Waals surface area contributed by atoms with Crippen molar-refractivity contribution in [2.45, 2.75) is 24.9 Å². The van der Waals surface area contributed by atoms with Crippen molar-refractivity contribution in [1.82, 2.24) is 15.1 Å². The molecule has 0 aliphatic carbocycles. The number of benzene rings is 1. The van der Waals surface area contributed by atoms with E-state index in [0.717, 1.165) is 5.56 Å². The molecule has 2 aliphatic rings. The van der Waals surface area contributed by atoms with E-state index in [4.69, 9.17) is 11.6 Å². The zero-order valence-corrected chi connectivity index (χ0v) is 14.4. The molecule has 6 nitrogen and oxygen atoms in total. The Kier molecular flexibility index (Phi) is 4.49. The quantitative estimate of drug-likeness (QED) is 0.891. The Morgan fingerprint density at radius 1 is 1.21 bits per heavy atom. The van der Waals surface area contributed by atoms with Crippen molar-refractivity contribution in [3.8, 4) is 0 Å². The first-order valence-corrected chi connectivity index (χ1v) is 8.30. The van der Waals surface area contributed by atoms with Crippen LogP contribution < -0.4 is 5.32 Å². The highest BCUT2D eigenvalue weighted by atomic mass is 35.5. The second-order valence-corrected chi connectivity index (χ2v) is 6.94. The minimum atomic E-state index is -0.484. The molecule has 0 radical (unpaired) electrons. The highest BCUT2D eigenvalue weighted by molar-refractivity contribution is 6.30. The summed E-state index contributed by atoms with van der Waals surface area (Å²) in [6.07, 6.45) is 0.469. The van der Waals surface area contributed by atoms with Gasteiger partial charge in [0.15, 0.2) is 0 Å². The molecule has 3 rings (SSSR count). The third-order valence-electron chi connectivity index (χ3n) is 4.80. The molecule has 2 saturated heterocycles. The third-order valence-corrected chi connectivity index (χ3v) is 5.04.